The summed E-state index contributed by atoms with van der Waals surface area (Å²) in [5, 5.41) is 3.82. The molecular formula is C18H25N3O4. The van der Waals surface area contributed by atoms with Crippen LogP contribution in [0.5, 0.6) is 11.5 Å². The average Bonchev–Trinajstić information content (AvgIpc) is 2.62. The molecule has 0 heterocycles. The van der Waals surface area contributed by atoms with E-state index in [1.54, 1.807) is 24.3 Å². The average molecular weight is 347 g/mol. The van der Waals surface area contributed by atoms with Crippen molar-refractivity contribution in [1.29, 1.82) is 0 Å². The molecule has 0 bridgehead atoms. The minimum Gasteiger partial charge on any atom is -0.490 e. The zero-order valence-electron chi connectivity index (χ0n) is 14.9. The van der Waals surface area contributed by atoms with Crippen molar-refractivity contribution >= 4 is 18.0 Å². The van der Waals surface area contributed by atoms with E-state index in [0.717, 1.165) is 0 Å². The Balaban J connectivity index is 2.76. The van der Waals surface area contributed by atoms with Gasteiger partial charge in [0.1, 0.15) is 6.61 Å². The molecule has 0 aliphatic carbocycles. The van der Waals surface area contributed by atoms with Crippen LogP contribution in [-0.2, 0) is 9.59 Å². The standard InChI is InChI=1S/C18H25N3O4/c1-5-11-25-15-10-9-14(12-16(15)24-8-4)13-19-20-17(22)18(23)21(6-2)7-3/h5,9-10,12-13H,1,6-8,11H2,2-4H3,(H,20,22)/b19-13+. The second-order valence-electron chi connectivity index (χ2n) is 4.92. The number of nitrogens with one attached hydrogen (secondary N) is 1. The molecule has 1 aromatic carbocycles. The smallest absolute Gasteiger partial charge is 0.329 e. The summed E-state index contributed by atoms with van der Waals surface area (Å²) in [6, 6.07) is 5.26. The van der Waals surface area contributed by atoms with Crippen LogP contribution in [0.15, 0.2) is 36.0 Å². The molecule has 1 N–H and O–H groups in total. The highest BCUT2D eigenvalue weighted by Crippen LogP contribution is 2.28. The highest BCUT2D eigenvalue weighted by Gasteiger charge is 2.18. The fourth-order valence-corrected chi connectivity index (χ4v) is 2.01. The molecule has 1 rings (SSSR count). The van der Waals surface area contributed by atoms with Gasteiger partial charge in [-0.1, -0.05) is 12.7 Å². The van der Waals surface area contributed by atoms with Gasteiger partial charge in [-0.2, -0.15) is 5.10 Å². The van der Waals surface area contributed by atoms with E-state index in [4.69, 9.17) is 9.47 Å². The van der Waals surface area contributed by atoms with Gasteiger partial charge in [-0.15, -0.1) is 0 Å². The monoisotopic (exact) mass is 347 g/mol. The van der Waals surface area contributed by atoms with Gasteiger partial charge in [0.15, 0.2) is 11.5 Å². The van der Waals surface area contributed by atoms with Crippen LogP contribution in [0.25, 0.3) is 0 Å². The summed E-state index contributed by atoms with van der Waals surface area (Å²) < 4.78 is 11.0. The summed E-state index contributed by atoms with van der Waals surface area (Å²) in [4.78, 5) is 25.0. The summed E-state index contributed by atoms with van der Waals surface area (Å²) in [6.45, 7) is 10.9. The number of nitrogens with zero attached hydrogens (tertiary/aromatic N) is 2. The molecule has 0 fully saturated rings. The van der Waals surface area contributed by atoms with E-state index in [-0.39, 0.29) is 0 Å². The van der Waals surface area contributed by atoms with E-state index in [2.05, 4.69) is 17.1 Å². The topological polar surface area (TPSA) is 80.2 Å². The SMILES string of the molecule is C=CCOc1ccc(/C=N/NC(=O)C(=O)N(CC)CC)cc1OCC. The van der Waals surface area contributed by atoms with Gasteiger partial charge in [0.25, 0.3) is 0 Å². The molecule has 136 valence electrons. The van der Waals surface area contributed by atoms with E-state index in [0.29, 0.717) is 43.4 Å². The Morgan fingerprint density at radius 2 is 1.92 bits per heavy atom. The van der Waals surface area contributed by atoms with Crippen LogP contribution < -0.4 is 14.9 Å². The summed E-state index contributed by atoms with van der Waals surface area (Å²) in [5.41, 5.74) is 2.93. The fourth-order valence-electron chi connectivity index (χ4n) is 2.01. The quantitative estimate of drug-likeness (QED) is 0.320. The number of ether oxygens (including phenoxy) is 2. The Morgan fingerprint density at radius 1 is 1.20 bits per heavy atom. The van der Waals surface area contributed by atoms with Crippen molar-refractivity contribution in [2.45, 2.75) is 20.8 Å². The number of carbonyl (C=O) groups is 2. The van der Waals surface area contributed by atoms with Gasteiger partial charge >= 0.3 is 11.8 Å². The van der Waals surface area contributed by atoms with Crippen molar-refractivity contribution in [3.63, 3.8) is 0 Å². The molecular weight excluding hydrogens is 322 g/mol. The third kappa shape index (κ3) is 6.29. The van der Waals surface area contributed by atoms with Gasteiger partial charge in [0.05, 0.1) is 12.8 Å². The maximum atomic E-state index is 11.8. The van der Waals surface area contributed by atoms with Crippen LogP contribution in [0, 0.1) is 0 Å². The molecule has 0 spiro atoms. The lowest BCUT2D eigenvalue weighted by molar-refractivity contribution is -0.145. The minimum absolute atomic E-state index is 0.372. The highest BCUT2D eigenvalue weighted by molar-refractivity contribution is 6.34. The predicted octanol–water partition coefficient (Wildman–Crippen LogP) is 1.97. The Morgan fingerprint density at radius 3 is 2.52 bits per heavy atom. The first-order valence-corrected chi connectivity index (χ1v) is 8.20. The first-order valence-electron chi connectivity index (χ1n) is 8.20. The second-order valence-corrected chi connectivity index (χ2v) is 4.92. The van der Waals surface area contributed by atoms with Gasteiger partial charge < -0.3 is 14.4 Å². The van der Waals surface area contributed by atoms with Crippen LogP contribution >= 0.6 is 0 Å². The summed E-state index contributed by atoms with van der Waals surface area (Å²) in [5.74, 6) is -0.209. The van der Waals surface area contributed by atoms with Gasteiger partial charge in [-0.3, -0.25) is 9.59 Å². The summed E-state index contributed by atoms with van der Waals surface area (Å²) in [6.07, 6.45) is 3.08. The largest absolute Gasteiger partial charge is 0.490 e. The molecule has 7 heteroatoms. The molecule has 0 aliphatic rings. The lowest BCUT2D eigenvalue weighted by Crippen LogP contribution is -2.41. The van der Waals surface area contributed by atoms with Crippen LogP contribution in [-0.4, -0.2) is 49.2 Å². The Bertz CT molecular complexity index is 625. The van der Waals surface area contributed by atoms with Crippen molar-refractivity contribution < 1.29 is 19.1 Å². The first kappa shape index (κ1) is 20.2. The Kier molecular flexibility index (Phi) is 8.78. The fraction of sp³-hybridized carbons (Fsp3) is 0.389. The third-order valence-electron chi connectivity index (χ3n) is 3.25. The van der Waals surface area contributed by atoms with Crippen LogP contribution in [0.4, 0.5) is 0 Å². The number of hydrogen-bond donors (Lipinski definition) is 1. The summed E-state index contributed by atoms with van der Waals surface area (Å²) >= 11 is 0. The molecule has 0 aliphatic heterocycles. The van der Waals surface area contributed by atoms with Crippen LogP contribution in [0.1, 0.15) is 26.3 Å². The number of rotatable bonds is 9. The molecule has 2 amide bonds. The maximum Gasteiger partial charge on any atom is 0.329 e. The zero-order valence-corrected chi connectivity index (χ0v) is 14.9. The van der Waals surface area contributed by atoms with E-state index in [1.807, 2.05) is 20.8 Å². The van der Waals surface area contributed by atoms with Crippen molar-refractivity contribution in [2.75, 3.05) is 26.3 Å². The molecule has 7 nitrogen and oxygen atoms in total. The molecule has 1 aromatic rings. The number of hydrazone groups is 1. The van der Waals surface area contributed by atoms with Crippen molar-refractivity contribution in [3.05, 3.63) is 36.4 Å². The van der Waals surface area contributed by atoms with Gasteiger partial charge in [-0.25, -0.2) is 5.43 Å². The third-order valence-corrected chi connectivity index (χ3v) is 3.25. The maximum absolute atomic E-state index is 11.8. The van der Waals surface area contributed by atoms with Gasteiger partial charge in [0.2, 0.25) is 0 Å². The highest BCUT2D eigenvalue weighted by atomic mass is 16.5. The number of benzene rings is 1. The molecule has 0 saturated heterocycles. The number of likely N-dealkylation sites (N-methyl/N-ethyl adjacent to an activating group) is 1. The van der Waals surface area contributed by atoms with Crippen LogP contribution in [0.2, 0.25) is 0 Å². The molecule has 0 atom stereocenters. The minimum atomic E-state index is -0.768. The van der Waals surface area contributed by atoms with Crippen molar-refractivity contribution in [3.8, 4) is 11.5 Å². The van der Waals surface area contributed by atoms with Crippen LogP contribution in [0.3, 0.4) is 0 Å². The lowest BCUT2D eigenvalue weighted by atomic mass is 10.2. The number of carbonyl (C=O) groups excluding carboxylic acids is 2. The summed E-state index contributed by atoms with van der Waals surface area (Å²) in [7, 11) is 0. The normalized spacial score (nSPS) is 10.4. The number of amides is 2. The first-order chi connectivity index (χ1) is 12.1. The van der Waals surface area contributed by atoms with Gasteiger partial charge in [0, 0.05) is 13.1 Å². The Labute approximate surface area is 148 Å². The second kappa shape index (κ2) is 10.9. The molecule has 0 unspecified atom stereocenters. The van der Waals surface area contributed by atoms with E-state index >= 15 is 0 Å². The number of hydrogen-bond acceptors (Lipinski definition) is 5. The Hall–Kier alpha value is -2.83. The predicted molar refractivity (Wildman–Crippen MR) is 97.0 cm³/mol. The lowest BCUT2D eigenvalue weighted by Gasteiger charge is -2.16. The molecule has 25 heavy (non-hydrogen) atoms. The van der Waals surface area contributed by atoms with E-state index in [1.165, 1.54) is 11.1 Å². The van der Waals surface area contributed by atoms with Crippen molar-refractivity contribution in [1.82, 2.24) is 10.3 Å². The zero-order chi connectivity index (χ0) is 18.7. The van der Waals surface area contributed by atoms with E-state index < -0.39 is 11.8 Å². The van der Waals surface area contributed by atoms with Gasteiger partial charge in [-0.05, 0) is 44.5 Å². The van der Waals surface area contributed by atoms with Crippen molar-refractivity contribution in [2.24, 2.45) is 5.10 Å². The molecule has 0 saturated carbocycles. The van der Waals surface area contributed by atoms with E-state index in [9.17, 15) is 9.59 Å². The molecule has 0 radical (unpaired) electrons. The molecule has 0 aromatic heterocycles.